The maximum Gasteiger partial charge on any atom is 0.257 e. The normalized spacial score (nSPS) is 16.8. The van der Waals surface area contributed by atoms with Gasteiger partial charge in [-0.3, -0.25) is 10.1 Å². The lowest BCUT2D eigenvalue weighted by Gasteiger charge is -2.20. The van der Waals surface area contributed by atoms with Crippen LogP contribution < -0.4 is 5.32 Å². The average Bonchev–Trinajstić information content (AvgIpc) is 3.52. The van der Waals surface area contributed by atoms with Crippen LogP contribution in [0.5, 0.6) is 0 Å². The second-order valence-corrected chi connectivity index (χ2v) is 12.2. The molecule has 2 aromatic carbocycles. The van der Waals surface area contributed by atoms with Gasteiger partial charge in [-0.15, -0.1) is 11.3 Å². The highest BCUT2D eigenvalue weighted by Crippen LogP contribution is 2.36. The van der Waals surface area contributed by atoms with Crippen LogP contribution in [-0.4, -0.2) is 54.9 Å². The molecule has 0 radical (unpaired) electrons. The SMILES string of the molecule is Cc1nc2ccc3nc(NC(=O)c4ccc(S(=O)(=O)N(C)CC5CCCO5)cc4)sc3c2s1. The summed E-state index contributed by atoms with van der Waals surface area (Å²) in [6.45, 7) is 2.95. The van der Waals surface area contributed by atoms with Gasteiger partial charge in [0.05, 0.1) is 36.4 Å². The van der Waals surface area contributed by atoms with Crippen molar-refractivity contribution in [3.05, 3.63) is 47.0 Å². The molecule has 33 heavy (non-hydrogen) atoms. The van der Waals surface area contributed by atoms with E-state index in [1.807, 2.05) is 19.1 Å². The second kappa shape index (κ2) is 8.73. The predicted molar refractivity (Wildman–Crippen MR) is 131 cm³/mol. The second-order valence-electron chi connectivity index (χ2n) is 7.91. The van der Waals surface area contributed by atoms with Crippen molar-refractivity contribution in [1.29, 1.82) is 0 Å². The van der Waals surface area contributed by atoms with Gasteiger partial charge < -0.3 is 4.74 Å². The first-order valence-corrected chi connectivity index (χ1v) is 13.5. The summed E-state index contributed by atoms with van der Waals surface area (Å²) in [4.78, 5) is 21.9. The quantitative estimate of drug-likeness (QED) is 0.423. The van der Waals surface area contributed by atoms with Gasteiger partial charge in [0, 0.05) is 25.8 Å². The summed E-state index contributed by atoms with van der Waals surface area (Å²) in [5, 5.41) is 4.29. The lowest BCUT2D eigenvalue weighted by molar-refractivity contribution is 0.0979. The number of carbonyl (C=O) groups excluding carboxylic acids is 1. The van der Waals surface area contributed by atoms with E-state index in [4.69, 9.17) is 4.74 Å². The molecule has 1 aliphatic rings. The van der Waals surface area contributed by atoms with Gasteiger partial charge in [0.15, 0.2) is 5.13 Å². The monoisotopic (exact) mass is 502 g/mol. The molecule has 172 valence electrons. The minimum atomic E-state index is -3.66. The van der Waals surface area contributed by atoms with Crippen LogP contribution in [0, 0.1) is 6.92 Å². The van der Waals surface area contributed by atoms with Crippen molar-refractivity contribution in [2.75, 3.05) is 25.5 Å². The molecule has 1 saturated heterocycles. The minimum Gasteiger partial charge on any atom is -0.377 e. The first-order valence-electron chi connectivity index (χ1n) is 10.5. The van der Waals surface area contributed by atoms with Crippen LogP contribution in [0.4, 0.5) is 5.13 Å². The maximum atomic E-state index is 12.9. The molecular formula is C22H22N4O4S3. The summed E-state index contributed by atoms with van der Waals surface area (Å²) >= 11 is 3.01. The number of hydrogen-bond donors (Lipinski definition) is 1. The third-order valence-corrected chi connectivity index (χ3v) is 9.52. The van der Waals surface area contributed by atoms with Crippen molar-refractivity contribution < 1.29 is 17.9 Å². The van der Waals surface area contributed by atoms with Crippen molar-refractivity contribution in [2.45, 2.75) is 30.8 Å². The molecule has 8 nitrogen and oxygen atoms in total. The number of amides is 1. The van der Waals surface area contributed by atoms with E-state index in [-0.39, 0.29) is 16.9 Å². The smallest absolute Gasteiger partial charge is 0.257 e. The third-order valence-electron chi connectivity index (χ3n) is 5.55. The number of likely N-dealkylation sites (N-methyl/N-ethyl adjacent to an activating group) is 1. The fourth-order valence-electron chi connectivity index (χ4n) is 3.84. The standard InChI is InChI=1S/C22H22N4O4S3/c1-13-23-17-9-10-18-20(19(17)31-13)32-22(24-18)25-21(27)14-5-7-16(8-6-14)33(28,29)26(2)12-15-4-3-11-30-15/h5-10,15H,3-4,11-12H2,1-2H3,(H,24,25,27). The van der Waals surface area contributed by atoms with Gasteiger partial charge in [-0.05, 0) is 56.2 Å². The van der Waals surface area contributed by atoms with Crippen LogP contribution in [0.25, 0.3) is 20.4 Å². The Morgan fingerprint density at radius 2 is 1.82 bits per heavy atom. The number of fused-ring (bicyclic) bond motifs is 3. The number of aryl methyl sites for hydroxylation is 1. The van der Waals surface area contributed by atoms with E-state index in [9.17, 15) is 13.2 Å². The molecule has 4 aromatic rings. The van der Waals surface area contributed by atoms with E-state index in [0.29, 0.717) is 23.8 Å². The zero-order valence-electron chi connectivity index (χ0n) is 18.1. The Morgan fingerprint density at radius 1 is 1.12 bits per heavy atom. The molecule has 1 N–H and O–H groups in total. The number of carbonyl (C=O) groups is 1. The molecule has 0 aliphatic carbocycles. The van der Waals surface area contributed by atoms with Gasteiger partial charge in [-0.1, -0.05) is 11.3 Å². The number of thiazole rings is 2. The van der Waals surface area contributed by atoms with Gasteiger partial charge in [0.1, 0.15) is 0 Å². The van der Waals surface area contributed by atoms with Gasteiger partial charge in [-0.25, -0.2) is 18.4 Å². The van der Waals surface area contributed by atoms with Crippen LogP contribution in [-0.2, 0) is 14.8 Å². The Kier molecular flexibility index (Phi) is 5.91. The van der Waals surface area contributed by atoms with Crippen LogP contribution in [0.3, 0.4) is 0 Å². The van der Waals surface area contributed by atoms with Gasteiger partial charge >= 0.3 is 0 Å². The Labute approximate surface area is 199 Å². The van der Waals surface area contributed by atoms with Crippen molar-refractivity contribution in [3.63, 3.8) is 0 Å². The number of benzene rings is 2. The fourth-order valence-corrected chi connectivity index (χ4v) is 7.04. The van der Waals surface area contributed by atoms with E-state index in [1.165, 1.54) is 39.9 Å². The summed E-state index contributed by atoms with van der Waals surface area (Å²) in [6, 6.07) is 9.77. The van der Waals surface area contributed by atoms with Crippen LogP contribution >= 0.6 is 22.7 Å². The largest absolute Gasteiger partial charge is 0.377 e. The van der Waals surface area contributed by atoms with Crippen molar-refractivity contribution in [1.82, 2.24) is 14.3 Å². The molecule has 1 aliphatic heterocycles. The number of rotatable bonds is 6. The number of ether oxygens (including phenoxy) is 1. The summed E-state index contributed by atoms with van der Waals surface area (Å²) in [7, 11) is -2.11. The topological polar surface area (TPSA) is 101 Å². The highest BCUT2D eigenvalue weighted by atomic mass is 32.2. The number of nitrogens with zero attached hydrogens (tertiary/aromatic N) is 3. The zero-order chi connectivity index (χ0) is 23.2. The molecule has 0 saturated carbocycles. The highest BCUT2D eigenvalue weighted by Gasteiger charge is 2.26. The Morgan fingerprint density at radius 3 is 2.52 bits per heavy atom. The van der Waals surface area contributed by atoms with E-state index >= 15 is 0 Å². The molecule has 2 aromatic heterocycles. The molecule has 3 heterocycles. The van der Waals surface area contributed by atoms with Gasteiger partial charge in [-0.2, -0.15) is 4.31 Å². The number of hydrogen-bond acceptors (Lipinski definition) is 8. The van der Waals surface area contributed by atoms with E-state index in [1.54, 1.807) is 18.4 Å². The molecule has 1 unspecified atom stereocenters. The Balaban J connectivity index is 1.31. The van der Waals surface area contributed by atoms with E-state index < -0.39 is 10.0 Å². The van der Waals surface area contributed by atoms with Crippen LogP contribution in [0.2, 0.25) is 0 Å². The number of sulfonamides is 1. The molecular weight excluding hydrogens is 480 g/mol. The first kappa shape index (κ1) is 22.4. The molecule has 0 spiro atoms. The Bertz CT molecular complexity index is 1440. The first-order chi connectivity index (χ1) is 15.8. The summed E-state index contributed by atoms with van der Waals surface area (Å²) in [5.41, 5.74) is 2.09. The molecule has 1 amide bonds. The van der Waals surface area contributed by atoms with Crippen molar-refractivity contribution >= 4 is 64.2 Å². The molecule has 1 atom stereocenters. The minimum absolute atomic E-state index is 0.0706. The molecule has 5 rings (SSSR count). The number of aromatic nitrogens is 2. The van der Waals surface area contributed by atoms with Gasteiger partial charge in [0.2, 0.25) is 10.0 Å². The van der Waals surface area contributed by atoms with Crippen molar-refractivity contribution in [2.24, 2.45) is 0 Å². The lowest BCUT2D eigenvalue weighted by atomic mass is 10.2. The van der Waals surface area contributed by atoms with Gasteiger partial charge in [0.25, 0.3) is 5.91 Å². The molecule has 1 fully saturated rings. The highest BCUT2D eigenvalue weighted by molar-refractivity contribution is 7.89. The Hall–Kier alpha value is -2.44. The van der Waals surface area contributed by atoms with Crippen LogP contribution in [0.1, 0.15) is 28.2 Å². The average molecular weight is 503 g/mol. The number of nitrogens with one attached hydrogen (secondary N) is 1. The number of anilines is 1. The lowest BCUT2D eigenvalue weighted by Crippen LogP contribution is -2.34. The van der Waals surface area contributed by atoms with Crippen molar-refractivity contribution in [3.8, 4) is 0 Å². The summed E-state index contributed by atoms with van der Waals surface area (Å²) < 4.78 is 34.6. The zero-order valence-corrected chi connectivity index (χ0v) is 20.5. The summed E-state index contributed by atoms with van der Waals surface area (Å²) in [5.74, 6) is -0.345. The summed E-state index contributed by atoms with van der Waals surface area (Å²) in [6.07, 6.45) is 1.74. The fraction of sp³-hybridized carbons (Fsp3) is 0.318. The van der Waals surface area contributed by atoms with E-state index in [0.717, 1.165) is 38.3 Å². The van der Waals surface area contributed by atoms with E-state index in [2.05, 4.69) is 15.3 Å². The maximum absolute atomic E-state index is 12.9. The van der Waals surface area contributed by atoms with Crippen LogP contribution in [0.15, 0.2) is 41.3 Å². The molecule has 11 heteroatoms. The molecule has 0 bridgehead atoms. The predicted octanol–water partition coefficient (Wildman–Crippen LogP) is 4.27. The third kappa shape index (κ3) is 4.38.